The SMILES string of the molecule is CN(C)C(=O)Nc1ccc(C(F)(F)F)c(N)c1. The fraction of sp³-hybridized carbons (Fsp3) is 0.300. The molecule has 4 nitrogen and oxygen atoms in total. The van der Waals surface area contributed by atoms with E-state index in [-0.39, 0.29) is 5.69 Å². The summed E-state index contributed by atoms with van der Waals surface area (Å²) in [4.78, 5) is 12.5. The number of rotatable bonds is 1. The summed E-state index contributed by atoms with van der Waals surface area (Å²) < 4.78 is 37.2. The molecule has 0 saturated heterocycles. The highest BCUT2D eigenvalue weighted by molar-refractivity contribution is 5.89. The molecule has 0 aromatic heterocycles. The van der Waals surface area contributed by atoms with Crippen LogP contribution < -0.4 is 11.1 Å². The quantitative estimate of drug-likeness (QED) is 0.748. The van der Waals surface area contributed by atoms with Gasteiger partial charge in [0, 0.05) is 25.5 Å². The van der Waals surface area contributed by atoms with E-state index in [1.54, 1.807) is 0 Å². The van der Waals surface area contributed by atoms with E-state index in [0.29, 0.717) is 0 Å². The number of nitrogens with two attached hydrogens (primary N) is 1. The summed E-state index contributed by atoms with van der Waals surface area (Å²) in [5, 5.41) is 2.40. The largest absolute Gasteiger partial charge is 0.418 e. The van der Waals surface area contributed by atoms with Crippen LogP contribution in [0.1, 0.15) is 5.56 Å². The molecule has 0 unspecified atom stereocenters. The van der Waals surface area contributed by atoms with Crippen molar-refractivity contribution in [2.24, 2.45) is 0 Å². The molecule has 17 heavy (non-hydrogen) atoms. The number of carbonyl (C=O) groups excluding carboxylic acids is 1. The van der Waals surface area contributed by atoms with Crippen LogP contribution in [0.15, 0.2) is 18.2 Å². The van der Waals surface area contributed by atoms with Gasteiger partial charge in [0.2, 0.25) is 0 Å². The first kappa shape index (κ1) is 13.1. The van der Waals surface area contributed by atoms with E-state index in [9.17, 15) is 18.0 Å². The number of anilines is 2. The highest BCUT2D eigenvalue weighted by atomic mass is 19.4. The molecule has 94 valence electrons. The third kappa shape index (κ3) is 3.27. The van der Waals surface area contributed by atoms with Crippen LogP contribution in [0.5, 0.6) is 0 Å². The average Bonchev–Trinajstić information content (AvgIpc) is 2.15. The molecule has 0 radical (unpaired) electrons. The molecular weight excluding hydrogens is 235 g/mol. The van der Waals surface area contributed by atoms with Crippen molar-refractivity contribution in [3.05, 3.63) is 23.8 Å². The number of nitrogens with zero attached hydrogens (tertiary/aromatic N) is 1. The Bertz CT molecular complexity index is 429. The molecule has 7 heteroatoms. The van der Waals surface area contributed by atoms with Gasteiger partial charge in [-0.15, -0.1) is 0 Å². The van der Waals surface area contributed by atoms with E-state index >= 15 is 0 Å². The van der Waals surface area contributed by atoms with Crippen molar-refractivity contribution in [1.29, 1.82) is 0 Å². The highest BCUT2D eigenvalue weighted by Gasteiger charge is 2.32. The van der Waals surface area contributed by atoms with Crippen molar-refractivity contribution in [1.82, 2.24) is 4.90 Å². The van der Waals surface area contributed by atoms with Gasteiger partial charge in [-0.2, -0.15) is 13.2 Å². The normalized spacial score (nSPS) is 11.1. The first-order valence-electron chi connectivity index (χ1n) is 4.67. The van der Waals surface area contributed by atoms with Crippen molar-refractivity contribution < 1.29 is 18.0 Å². The van der Waals surface area contributed by atoms with Crippen molar-refractivity contribution in [3.8, 4) is 0 Å². The minimum absolute atomic E-state index is 0.217. The molecule has 3 N–H and O–H groups in total. The molecule has 0 heterocycles. The van der Waals surface area contributed by atoms with Crippen molar-refractivity contribution in [2.75, 3.05) is 25.1 Å². The molecule has 2 amide bonds. The Hall–Kier alpha value is -1.92. The number of urea groups is 1. The molecule has 0 aliphatic carbocycles. The first-order valence-corrected chi connectivity index (χ1v) is 4.67. The summed E-state index contributed by atoms with van der Waals surface area (Å²) in [7, 11) is 3.03. The van der Waals surface area contributed by atoms with Gasteiger partial charge in [0.25, 0.3) is 0 Å². The first-order chi connectivity index (χ1) is 7.71. The molecule has 0 aliphatic heterocycles. The zero-order chi connectivity index (χ0) is 13.2. The molecule has 0 bridgehead atoms. The van der Waals surface area contributed by atoms with Crippen LogP contribution >= 0.6 is 0 Å². The molecule has 0 fully saturated rings. The van der Waals surface area contributed by atoms with E-state index in [1.807, 2.05) is 0 Å². The van der Waals surface area contributed by atoms with Gasteiger partial charge in [0.1, 0.15) is 0 Å². The number of carbonyl (C=O) groups is 1. The minimum Gasteiger partial charge on any atom is -0.398 e. The third-order valence-corrected chi connectivity index (χ3v) is 2.01. The van der Waals surface area contributed by atoms with E-state index in [4.69, 9.17) is 5.73 Å². The van der Waals surface area contributed by atoms with Gasteiger partial charge >= 0.3 is 12.2 Å². The number of amides is 2. The van der Waals surface area contributed by atoms with Crippen LogP contribution in [0, 0.1) is 0 Å². The number of hydrogen-bond acceptors (Lipinski definition) is 2. The number of alkyl halides is 3. The molecule has 1 aromatic carbocycles. The number of nitrogens with one attached hydrogen (secondary N) is 1. The zero-order valence-electron chi connectivity index (χ0n) is 9.30. The second kappa shape index (κ2) is 4.52. The molecule has 1 rings (SSSR count). The highest BCUT2D eigenvalue weighted by Crippen LogP contribution is 2.34. The molecular formula is C10H12F3N3O. The van der Waals surface area contributed by atoms with Crippen molar-refractivity contribution in [2.45, 2.75) is 6.18 Å². The summed E-state index contributed by atoms with van der Waals surface area (Å²) in [6, 6.07) is 2.62. The molecule has 0 saturated carbocycles. The summed E-state index contributed by atoms with van der Waals surface area (Å²) in [5.41, 5.74) is 4.15. The predicted molar refractivity (Wildman–Crippen MR) is 58.6 cm³/mol. The second-order valence-electron chi connectivity index (χ2n) is 3.62. The maximum Gasteiger partial charge on any atom is 0.418 e. The summed E-state index contributed by atoms with van der Waals surface area (Å²) >= 11 is 0. The standard InChI is InChI=1S/C10H12F3N3O/c1-16(2)9(17)15-6-3-4-7(8(14)5-6)10(11,12)13/h3-5H,14H2,1-2H3,(H,15,17). The lowest BCUT2D eigenvalue weighted by Gasteiger charge is -2.14. The second-order valence-corrected chi connectivity index (χ2v) is 3.62. The van der Waals surface area contributed by atoms with E-state index in [0.717, 1.165) is 18.2 Å². The van der Waals surface area contributed by atoms with E-state index in [2.05, 4.69) is 5.32 Å². The fourth-order valence-electron chi connectivity index (χ4n) is 1.13. The average molecular weight is 247 g/mol. The van der Waals surface area contributed by atoms with Crippen LogP contribution in [-0.2, 0) is 6.18 Å². The molecule has 0 aliphatic rings. The Balaban J connectivity index is 2.94. The maximum atomic E-state index is 12.4. The Labute approximate surface area is 96.2 Å². The van der Waals surface area contributed by atoms with Gasteiger partial charge in [-0.1, -0.05) is 0 Å². The Morgan fingerprint density at radius 2 is 1.94 bits per heavy atom. The Morgan fingerprint density at radius 3 is 2.35 bits per heavy atom. The summed E-state index contributed by atoms with van der Waals surface area (Å²) in [6.07, 6.45) is -4.49. The van der Waals surface area contributed by atoms with Gasteiger partial charge in [0.15, 0.2) is 0 Å². The van der Waals surface area contributed by atoms with Crippen LogP contribution in [0.25, 0.3) is 0 Å². The van der Waals surface area contributed by atoms with Gasteiger partial charge in [-0.25, -0.2) is 4.79 Å². The zero-order valence-corrected chi connectivity index (χ0v) is 9.30. The lowest BCUT2D eigenvalue weighted by Crippen LogP contribution is -2.27. The van der Waals surface area contributed by atoms with Gasteiger partial charge in [-0.3, -0.25) is 0 Å². The molecule has 1 aromatic rings. The van der Waals surface area contributed by atoms with Crippen LogP contribution in [0.4, 0.5) is 29.3 Å². The lowest BCUT2D eigenvalue weighted by atomic mass is 10.1. The van der Waals surface area contributed by atoms with Gasteiger partial charge in [-0.05, 0) is 18.2 Å². The monoisotopic (exact) mass is 247 g/mol. The molecule has 0 spiro atoms. The Morgan fingerprint density at radius 1 is 1.35 bits per heavy atom. The summed E-state index contributed by atoms with van der Waals surface area (Å²) in [5.74, 6) is 0. The van der Waals surface area contributed by atoms with Gasteiger partial charge < -0.3 is 16.0 Å². The number of benzene rings is 1. The van der Waals surface area contributed by atoms with E-state index in [1.165, 1.54) is 19.0 Å². The van der Waals surface area contributed by atoms with Gasteiger partial charge in [0.05, 0.1) is 5.56 Å². The fourth-order valence-corrected chi connectivity index (χ4v) is 1.13. The lowest BCUT2D eigenvalue weighted by molar-refractivity contribution is -0.136. The maximum absolute atomic E-state index is 12.4. The van der Waals surface area contributed by atoms with Crippen molar-refractivity contribution >= 4 is 17.4 Å². The number of halogens is 3. The van der Waals surface area contributed by atoms with Crippen LogP contribution in [-0.4, -0.2) is 25.0 Å². The Kier molecular flexibility index (Phi) is 3.50. The predicted octanol–water partition coefficient (Wildman–Crippen LogP) is 2.38. The number of nitrogen functional groups attached to an aromatic ring is 1. The minimum atomic E-state index is -4.49. The summed E-state index contributed by atoms with van der Waals surface area (Å²) in [6.45, 7) is 0. The topological polar surface area (TPSA) is 58.4 Å². The van der Waals surface area contributed by atoms with Crippen LogP contribution in [0.2, 0.25) is 0 Å². The van der Waals surface area contributed by atoms with Crippen molar-refractivity contribution in [3.63, 3.8) is 0 Å². The third-order valence-electron chi connectivity index (χ3n) is 2.01. The smallest absolute Gasteiger partial charge is 0.398 e. The molecule has 0 atom stereocenters. The van der Waals surface area contributed by atoms with Crippen LogP contribution in [0.3, 0.4) is 0 Å². The van der Waals surface area contributed by atoms with E-state index < -0.39 is 23.5 Å². The number of hydrogen-bond donors (Lipinski definition) is 2.